The summed E-state index contributed by atoms with van der Waals surface area (Å²) >= 11 is 0. The van der Waals surface area contributed by atoms with Gasteiger partial charge in [-0.15, -0.1) is 6.42 Å². The van der Waals surface area contributed by atoms with Gasteiger partial charge in [0.25, 0.3) is 0 Å². The Hall–Kier alpha value is -0.520. The quantitative estimate of drug-likeness (QED) is 0.483. The maximum absolute atomic E-state index is 5.33. The van der Waals surface area contributed by atoms with E-state index in [1.807, 2.05) is 0 Å². The Labute approximate surface area is 69.5 Å². The number of morpholine rings is 1. The molecule has 1 aliphatic heterocycles. The van der Waals surface area contributed by atoms with Crippen LogP contribution in [0.2, 0.25) is 0 Å². The molecule has 0 unspecified atom stereocenters. The molecule has 2 atom stereocenters. The first-order valence-corrected chi connectivity index (χ1v) is 3.53. The van der Waals surface area contributed by atoms with Gasteiger partial charge in [-0.1, -0.05) is 13.3 Å². The molecule has 2 heteroatoms. The third-order valence-electron chi connectivity index (χ3n) is 2.04. The first kappa shape index (κ1) is 10.5. The lowest BCUT2D eigenvalue weighted by Crippen LogP contribution is -2.46. The van der Waals surface area contributed by atoms with Gasteiger partial charge in [-0.25, -0.2) is 0 Å². The molecule has 1 fully saturated rings. The van der Waals surface area contributed by atoms with Crippen LogP contribution in [-0.2, 0) is 4.74 Å². The standard InChI is InChI=1S/C8H13NO.CH4/c1-4-8-7(2)9(3)5-6-10-8;/h1,7-8H,5-6H2,2-3H3;1H4/t7-,8-;/m1./s1. The van der Waals surface area contributed by atoms with E-state index in [9.17, 15) is 0 Å². The van der Waals surface area contributed by atoms with Crippen molar-refractivity contribution in [3.05, 3.63) is 0 Å². The zero-order valence-corrected chi connectivity index (χ0v) is 6.50. The molecule has 1 saturated heterocycles. The van der Waals surface area contributed by atoms with E-state index in [0.717, 1.165) is 13.2 Å². The highest BCUT2D eigenvalue weighted by Gasteiger charge is 2.23. The van der Waals surface area contributed by atoms with Gasteiger partial charge in [-0.05, 0) is 14.0 Å². The second-order valence-corrected chi connectivity index (χ2v) is 2.68. The van der Waals surface area contributed by atoms with Crippen molar-refractivity contribution in [2.45, 2.75) is 26.5 Å². The van der Waals surface area contributed by atoms with Gasteiger partial charge in [0.15, 0.2) is 0 Å². The summed E-state index contributed by atoms with van der Waals surface area (Å²) in [7, 11) is 2.07. The van der Waals surface area contributed by atoms with Crippen molar-refractivity contribution in [3.8, 4) is 12.3 Å². The molecule has 0 amide bonds. The number of hydrogen-bond donors (Lipinski definition) is 0. The number of terminal acetylenes is 1. The second kappa shape index (κ2) is 4.38. The van der Waals surface area contributed by atoms with E-state index in [1.165, 1.54) is 0 Å². The second-order valence-electron chi connectivity index (χ2n) is 2.68. The van der Waals surface area contributed by atoms with Crippen molar-refractivity contribution in [1.29, 1.82) is 0 Å². The molecule has 0 aromatic carbocycles. The van der Waals surface area contributed by atoms with Crippen molar-refractivity contribution in [2.75, 3.05) is 20.2 Å². The molecule has 0 bridgehead atoms. The fourth-order valence-corrected chi connectivity index (χ4v) is 1.09. The number of rotatable bonds is 0. The molecule has 1 heterocycles. The number of ether oxygens (including phenoxy) is 1. The lowest BCUT2D eigenvalue weighted by Gasteiger charge is -2.33. The van der Waals surface area contributed by atoms with Gasteiger partial charge in [0.1, 0.15) is 6.10 Å². The summed E-state index contributed by atoms with van der Waals surface area (Å²) in [6, 6.07) is 0.360. The van der Waals surface area contributed by atoms with Crippen LogP contribution in [0.4, 0.5) is 0 Å². The Bertz CT molecular complexity index is 150. The van der Waals surface area contributed by atoms with Gasteiger partial charge >= 0.3 is 0 Å². The molecular formula is C9H17NO. The van der Waals surface area contributed by atoms with Crippen molar-refractivity contribution >= 4 is 0 Å². The summed E-state index contributed by atoms with van der Waals surface area (Å²) in [6.07, 6.45) is 5.24. The Morgan fingerprint density at radius 3 is 2.73 bits per heavy atom. The molecule has 1 rings (SSSR count). The SMILES string of the molecule is C.C#C[C@H]1OCCN(C)[C@@H]1C. The van der Waals surface area contributed by atoms with Gasteiger partial charge < -0.3 is 4.74 Å². The van der Waals surface area contributed by atoms with Crippen LogP contribution in [0, 0.1) is 12.3 Å². The van der Waals surface area contributed by atoms with E-state index in [4.69, 9.17) is 11.2 Å². The lowest BCUT2D eigenvalue weighted by atomic mass is 10.1. The van der Waals surface area contributed by atoms with Crippen LogP contribution in [0.25, 0.3) is 0 Å². The van der Waals surface area contributed by atoms with Crippen LogP contribution in [0.3, 0.4) is 0 Å². The fourth-order valence-electron chi connectivity index (χ4n) is 1.09. The molecule has 11 heavy (non-hydrogen) atoms. The molecule has 0 saturated carbocycles. The molecule has 1 aliphatic rings. The van der Waals surface area contributed by atoms with E-state index in [0.29, 0.717) is 6.04 Å². The average Bonchev–Trinajstić information content (AvgIpc) is 1.95. The number of likely N-dealkylation sites (N-methyl/N-ethyl adjacent to an activating group) is 1. The molecule has 0 aromatic rings. The van der Waals surface area contributed by atoms with Crippen molar-refractivity contribution < 1.29 is 4.74 Å². The van der Waals surface area contributed by atoms with Crippen LogP contribution >= 0.6 is 0 Å². The normalized spacial score (nSPS) is 32.1. The van der Waals surface area contributed by atoms with Crippen LogP contribution < -0.4 is 0 Å². The zero-order chi connectivity index (χ0) is 7.56. The molecule has 0 aliphatic carbocycles. The molecule has 0 aromatic heterocycles. The Balaban J connectivity index is 0.000001000. The predicted octanol–water partition coefficient (Wildman–Crippen LogP) is 0.975. The van der Waals surface area contributed by atoms with Gasteiger partial charge in [0.2, 0.25) is 0 Å². The first-order valence-electron chi connectivity index (χ1n) is 3.53. The molecule has 64 valence electrons. The summed E-state index contributed by atoms with van der Waals surface area (Å²) in [5.74, 6) is 2.62. The summed E-state index contributed by atoms with van der Waals surface area (Å²) in [4.78, 5) is 2.22. The third-order valence-corrected chi connectivity index (χ3v) is 2.04. The first-order chi connectivity index (χ1) is 4.75. The monoisotopic (exact) mass is 155 g/mol. The Morgan fingerprint density at radius 2 is 2.27 bits per heavy atom. The molecular weight excluding hydrogens is 138 g/mol. The van der Waals surface area contributed by atoms with Gasteiger partial charge in [-0.2, -0.15) is 0 Å². The molecule has 2 nitrogen and oxygen atoms in total. The highest BCUT2D eigenvalue weighted by Crippen LogP contribution is 2.09. The maximum Gasteiger partial charge on any atom is 0.133 e. The van der Waals surface area contributed by atoms with Crippen molar-refractivity contribution in [2.24, 2.45) is 0 Å². The Morgan fingerprint density at radius 1 is 1.64 bits per heavy atom. The summed E-state index contributed by atoms with van der Waals surface area (Å²) < 4.78 is 5.33. The van der Waals surface area contributed by atoms with Crippen LogP contribution in [-0.4, -0.2) is 37.2 Å². The molecule has 0 spiro atoms. The van der Waals surface area contributed by atoms with Crippen molar-refractivity contribution in [3.63, 3.8) is 0 Å². The smallest absolute Gasteiger partial charge is 0.133 e. The molecule has 0 N–H and O–H groups in total. The van der Waals surface area contributed by atoms with E-state index in [2.05, 4.69) is 24.8 Å². The van der Waals surface area contributed by atoms with E-state index >= 15 is 0 Å². The highest BCUT2D eigenvalue weighted by atomic mass is 16.5. The summed E-state index contributed by atoms with van der Waals surface area (Å²) in [6.45, 7) is 3.83. The van der Waals surface area contributed by atoms with Crippen LogP contribution in [0.1, 0.15) is 14.4 Å². The van der Waals surface area contributed by atoms with Crippen LogP contribution in [0.5, 0.6) is 0 Å². The maximum atomic E-state index is 5.33. The fraction of sp³-hybridized carbons (Fsp3) is 0.778. The van der Waals surface area contributed by atoms with Crippen molar-refractivity contribution in [1.82, 2.24) is 4.90 Å². The predicted molar refractivity (Wildman–Crippen MR) is 47.4 cm³/mol. The zero-order valence-electron chi connectivity index (χ0n) is 6.50. The number of nitrogens with zero attached hydrogens (tertiary/aromatic N) is 1. The lowest BCUT2D eigenvalue weighted by molar-refractivity contribution is -0.0246. The number of hydrogen-bond acceptors (Lipinski definition) is 2. The minimum absolute atomic E-state index is 0. The highest BCUT2D eigenvalue weighted by molar-refractivity contribution is 5.01. The van der Waals surface area contributed by atoms with Gasteiger partial charge in [-0.3, -0.25) is 4.90 Å². The van der Waals surface area contributed by atoms with Gasteiger partial charge in [0, 0.05) is 12.6 Å². The minimum Gasteiger partial charge on any atom is -0.363 e. The molecule has 0 radical (unpaired) electrons. The summed E-state index contributed by atoms with van der Waals surface area (Å²) in [5, 5.41) is 0. The average molecular weight is 155 g/mol. The van der Waals surface area contributed by atoms with Crippen LogP contribution in [0.15, 0.2) is 0 Å². The van der Waals surface area contributed by atoms with Gasteiger partial charge in [0.05, 0.1) is 6.61 Å². The topological polar surface area (TPSA) is 12.5 Å². The largest absolute Gasteiger partial charge is 0.363 e. The Kier molecular flexibility index (Phi) is 4.17. The summed E-state index contributed by atoms with van der Waals surface area (Å²) in [5.41, 5.74) is 0. The van der Waals surface area contributed by atoms with E-state index in [1.54, 1.807) is 0 Å². The minimum atomic E-state index is -0.0150. The van der Waals surface area contributed by atoms with E-state index < -0.39 is 0 Å². The third kappa shape index (κ3) is 2.21. The van der Waals surface area contributed by atoms with E-state index in [-0.39, 0.29) is 13.5 Å².